The van der Waals surface area contributed by atoms with E-state index in [1.54, 1.807) is 12.1 Å². The second-order valence-electron chi connectivity index (χ2n) is 5.10. The smallest absolute Gasteiger partial charge is 0.151 e. The molecule has 2 atom stereocenters. The molecule has 1 heterocycles. The molecule has 1 fully saturated rings. The highest BCUT2D eigenvalue weighted by Gasteiger charge is 2.33. The van der Waals surface area contributed by atoms with E-state index in [9.17, 15) is 13.5 Å². The molecular weight excluding hydrogens is 330 g/mol. The monoisotopic (exact) mass is 347 g/mol. The number of aromatic hydroxyl groups is 1. The van der Waals surface area contributed by atoms with Gasteiger partial charge in [-0.25, -0.2) is 8.42 Å². The normalized spacial score (nSPS) is 23.7. The van der Waals surface area contributed by atoms with Gasteiger partial charge in [-0.2, -0.15) is 0 Å². The van der Waals surface area contributed by atoms with Crippen LogP contribution in [0.25, 0.3) is 0 Å². The molecule has 6 heteroatoms. The molecule has 4 nitrogen and oxygen atoms in total. The lowest BCUT2D eigenvalue weighted by molar-refractivity contribution is 0.198. The first-order valence-corrected chi connectivity index (χ1v) is 8.82. The molecule has 0 spiro atoms. The fourth-order valence-electron chi connectivity index (χ4n) is 2.49. The van der Waals surface area contributed by atoms with Crippen LogP contribution in [0, 0.1) is 0 Å². The van der Waals surface area contributed by atoms with Crippen molar-refractivity contribution in [3.63, 3.8) is 0 Å². The standard InChI is InChI=1S/C13H18BrNO3S/c1-9(12-7-10(14)3-4-13(12)16)15(2)11-5-6-19(17,18)8-11/h3-4,7,9,11,16H,5-6,8H2,1-2H3. The van der Waals surface area contributed by atoms with Crippen LogP contribution < -0.4 is 0 Å². The Morgan fingerprint density at radius 3 is 2.74 bits per heavy atom. The van der Waals surface area contributed by atoms with Crippen LogP contribution in [-0.2, 0) is 9.84 Å². The van der Waals surface area contributed by atoms with E-state index in [-0.39, 0.29) is 29.3 Å². The molecule has 2 rings (SSSR count). The van der Waals surface area contributed by atoms with Crippen molar-refractivity contribution < 1.29 is 13.5 Å². The fourth-order valence-corrected chi connectivity index (χ4v) is 4.66. The van der Waals surface area contributed by atoms with Crippen molar-refractivity contribution in [2.24, 2.45) is 0 Å². The summed E-state index contributed by atoms with van der Waals surface area (Å²) in [5, 5.41) is 9.93. The Hall–Kier alpha value is -0.590. The summed E-state index contributed by atoms with van der Waals surface area (Å²) in [6.07, 6.45) is 0.665. The number of benzene rings is 1. The summed E-state index contributed by atoms with van der Waals surface area (Å²) in [5.74, 6) is 0.713. The molecular formula is C13H18BrNO3S. The molecule has 1 aliphatic rings. The maximum atomic E-state index is 11.5. The van der Waals surface area contributed by atoms with Crippen molar-refractivity contribution in [3.05, 3.63) is 28.2 Å². The van der Waals surface area contributed by atoms with Crippen LogP contribution in [-0.4, -0.2) is 43.0 Å². The number of hydrogen-bond donors (Lipinski definition) is 1. The van der Waals surface area contributed by atoms with E-state index in [4.69, 9.17) is 0 Å². The highest BCUT2D eigenvalue weighted by atomic mass is 79.9. The number of halogens is 1. The van der Waals surface area contributed by atoms with Crippen molar-refractivity contribution in [3.8, 4) is 5.75 Å². The van der Waals surface area contributed by atoms with Gasteiger partial charge in [-0.1, -0.05) is 15.9 Å². The molecule has 0 aromatic heterocycles. The first kappa shape index (κ1) is 14.8. The molecule has 0 amide bonds. The number of sulfone groups is 1. The summed E-state index contributed by atoms with van der Waals surface area (Å²) in [7, 11) is -0.975. The zero-order valence-electron chi connectivity index (χ0n) is 11.0. The van der Waals surface area contributed by atoms with Crippen LogP contribution in [0.2, 0.25) is 0 Å². The molecule has 0 saturated carbocycles. The minimum absolute atomic E-state index is 0.0263. The second kappa shape index (κ2) is 5.42. The molecule has 106 valence electrons. The van der Waals surface area contributed by atoms with Gasteiger partial charge >= 0.3 is 0 Å². The van der Waals surface area contributed by atoms with Crippen molar-refractivity contribution in [1.29, 1.82) is 0 Å². The number of nitrogens with zero attached hydrogens (tertiary/aromatic N) is 1. The third-order valence-corrected chi connectivity index (χ3v) is 6.08. The Kier molecular flexibility index (Phi) is 4.23. The highest BCUT2D eigenvalue weighted by Crippen LogP contribution is 2.33. The lowest BCUT2D eigenvalue weighted by atomic mass is 10.0. The Balaban J connectivity index is 2.19. The maximum Gasteiger partial charge on any atom is 0.151 e. The fraction of sp³-hybridized carbons (Fsp3) is 0.538. The van der Waals surface area contributed by atoms with Crippen LogP contribution in [0.15, 0.2) is 22.7 Å². The van der Waals surface area contributed by atoms with Crippen LogP contribution >= 0.6 is 15.9 Å². The first-order chi connectivity index (χ1) is 8.80. The zero-order chi connectivity index (χ0) is 14.2. The lowest BCUT2D eigenvalue weighted by Gasteiger charge is -2.30. The van der Waals surface area contributed by atoms with E-state index in [1.807, 2.05) is 24.9 Å². The van der Waals surface area contributed by atoms with Gasteiger partial charge in [0.05, 0.1) is 11.5 Å². The van der Waals surface area contributed by atoms with Gasteiger partial charge in [0.2, 0.25) is 0 Å². The van der Waals surface area contributed by atoms with Gasteiger partial charge in [0, 0.05) is 22.1 Å². The van der Waals surface area contributed by atoms with Gasteiger partial charge < -0.3 is 5.11 Å². The molecule has 1 aromatic carbocycles. The maximum absolute atomic E-state index is 11.5. The largest absolute Gasteiger partial charge is 0.508 e. The van der Waals surface area contributed by atoms with Gasteiger partial charge in [0.25, 0.3) is 0 Å². The summed E-state index contributed by atoms with van der Waals surface area (Å²) >= 11 is 3.39. The Bertz CT molecular complexity index is 573. The van der Waals surface area contributed by atoms with Crippen LogP contribution in [0.4, 0.5) is 0 Å². The Morgan fingerprint density at radius 2 is 2.16 bits per heavy atom. The Morgan fingerprint density at radius 1 is 1.47 bits per heavy atom. The van der Waals surface area contributed by atoms with Gasteiger partial charge in [-0.05, 0) is 38.6 Å². The molecule has 0 radical (unpaired) electrons. The van der Waals surface area contributed by atoms with Crippen molar-refractivity contribution in [2.75, 3.05) is 18.6 Å². The van der Waals surface area contributed by atoms with Gasteiger partial charge in [0.15, 0.2) is 9.84 Å². The van der Waals surface area contributed by atoms with E-state index in [0.29, 0.717) is 6.42 Å². The van der Waals surface area contributed by atoms with Crippen LogP contribution in [0.5, 0.6) is 5.75 Å². The highest BCUT2D eigenvalue weighted by molar-refractivity contribution is 9.10. The quantitative estimate of drug-likeness (QED) is 0.911. The minimum atomic E-state index is -2.89. The zero-order valence-corrected chi connectivity index (χ0v) is 13.4. The lowest BCUT2D eigenvalue weighted by Crippen LogP contribution is -2.34. The molecule has 1 aromatic rings. The summed E-state index contributed by atoms with van der Waals surface area (Å²) < 4.78 is 24.0. The molecule has 1 aliphatic heterocycles. The van der Waals surface area contributed by atoms with Crippen molar-refractivity contribution in [2.45, 2.75) is 25.4 Å². The predicted molar refractivity (Wildman–Crippen MR) is 79.0 cm³/mol. The van der Waals surface area contributed by atoms with E-state index >= 15 is 0 Å². The molecule has 19 heavy (non-hydrogen) atoms. The average molecular weight is 348 g/mol. The van der Waals surface area contributed by atoms with Crippen LogP contribution in [0.1, 0.15) is 24.9 Å². The number of phenols is 1. The molecule has 0 aliphatic carbocycles. The van der Waals surface area contributed by atoms with Gasteiger partial charge in [-0.3, -0.25) is 4.90 Å². The molecule has 0 bridgehead atoms. The number of hydrogen-bond acceptors (Lipinski definition) is 4. The summed E-state index contributed by atoms with van der Waals surface area (Å²) in [4.78, 5) is 2.03. The topological polar surface area (TPSA) is 57.6 Å². The summed E-state index contributed by atoms with van der Waals surface area (Å²) in [6.45, 7) is 1.98. The van der Waals surface area contributed by atoms with Crippen molar-refractivity contribution in [1.82, 2.24) is 4.90 Å². The van der Waals surface area contributed by atoms with Gasteiger partial charge in [0.1, 0.15) is 5.75 Å². The third-order valence-electron chi connectivity index (χ3n) is 3.83. The summed E-state index contributed by atoms with van der Waals surface area (Å²) in [5.41, 5.74) is 0.807. The molecule has 2 unspecified atom stereocenters. The third kappa shape index (κ3) is 3.30. The van der Waals surface area contributed by atoms with E-state index in [1.165, 1.54) is 0 Å². The Labute approximate surface area is 122 Å². The first-order valence-electron chi connectivity index (χ1n) is 6.21. The van der Waals surface area contributed by atoms with Gasteiger partial charge in [-0.15, -0.1) is 0 Å². The SMILES string of the molecule is CC(c1cc(Br)ccc1O)N(C)C1CCS(=O)(=O)C1. The number of rotatable bonds is 3. The number of phenolic OH excluding ortho intramolecular Hbond substituents is 1. The second-order valence-corrected chi connectivity index (χ2v) is 8.25. The van der Waals surface area contributed by atoms with E-state index in [2.05, 4.69) is 15.9 Å². The summed E-state index contributed by atoms with van der Waals surface area (Å²) in [6, 6.07) is 5.30. The van der Waals surface area contributed by atoms with E-state index in [0.717, 1.165) is 10.0 Å². The van der Waals surface area contributed by atoms with Crippen LogP contribution in [0.3, 0.4) is 0 Å². The molecule has 1 saturated heterocycles. The average Bonchev–Trinajstić information content (AvgIpc) is 2.71. The predicted octanol–water partition coefficient (Wildman–Crippen LogP) is 2.33. The molecule has 1 N–H and O–H groups in total. The minimum Gasteiger partial charge on any atom is -0.508 e. The van der Waals surface area contributed by atoms with Crippen molar-refractivity contribution >= 4 is 25.8 Å². The van der Waals surface area contributed by atoms with E-state index < -0.39 is 9.84 Å².